The number of halogens is 1. The van der Waals surface area contributed by atoms with Gasteiger partial charge in [-0.15, -0.1) is 0 Å². The smallest absolute Gasteiger partial charge is 0.243 e. The highest BCUT2D eigenvalue weighted by Gasteiger charge is 2.38. The van der Waals surface area contributed by atoms with Crippen LogP contribution in [-0.4, -0.2) is 25.3 Å². The minimum atomic E-state index is -3.62. The van der Waals surface area contributed by atoms with Gasteiger partial charge in [0.25, 0.3) is 0 Å². The molecule has 0 unspecified atom stereocenters. The lowest BCUT2D eigenvalue weighted by Crippen LogP contribution is -2.35. The van der Waals surface area contributed by atoms with Crippen molar-refractivity contribution < 1.29 is 12.8 Å². The van der Waals surface area contributed by atoms with Gasteiger partial charge in [0, 0.05) is 12.6 Å². The summed E-state index contributed by atoms with van der Waals surface area (Å²) in [6, 6.07) is 2.51. The van der Waals surface area contributed by atoms with E-state index in [9.17, 15) is 12.8 Å². The molecule has 0 heterocycles. The second-order valence-corrected chi connectivity index (χ2v) is 8.03. The molecule has 0 spiro atoms. The summed E-state index contributed by atoms with van der Waals surface area (Å²) >= 11 is 0. The Labute approximate surface area is 126 Å². The van der Waals surface area contributed by atoms with Crippen molar-refractivity contribution in [3.05, 3.63) is 23.5 Å². The average molecular weight is 314 g/mol. The van der Waals surface area contributed by atoms with Gasteiger partial charge < -0.3 is 5.73 Å². The first-order chi connectivity index (χ1) is 9.73. The molecule has 1 aromatic rings. The van der Waals surface area contributed by atoms with Crippen LogP contribution in [-0.2, 0) is 10.0 Å². The van der Waals surface area contributed by atoms with E-state index in [1.807, 2.05) is 0 Å². The van der Waals surface area contributed by atoms with Crippen LogP contribution in [0, 0.1) is 18.7 Å². The van der Waals surface area contributed by atoms with Gasteiger partial charge in [-0.05, 0) is 49.8 Å². The number of hydrogen-bond donors (Lipinski definition) is 1. The Morgan fingerprint density at radius 2 is 2.00 bits per heavy atom. The lowest BCUT2D eigenvalue weighted by Gasteiger charge is -2.24. The van der Waals surface area contributed by atoms with E-state index in [4.69, 9.17) is 5.73 Å². The molecule has 1 aromatic carbocycles. The van der Waals surface area contributed by atoms with Crippen molar-refractivity contribution in [3.63, 3.8) is 0 Å². The molecule has 0 atom stereocenters. The Bertz CT molecular complexity index is 625. The number of nitrogens with two attached hydrogens (primary N) is 1. The van der Waals surface area contributed by atoms with Crippen LogP contribution in [0.2, 0.25) is 0 Å². The minimum Gasteiger partial charge on any atom is -0.396 e. The molecule has 2 N–H and O–H groups in total. The highest BCUT2D eigenvalue weighted by Crippen LogP contribution is 2.34. The van der Waals surface area contributed by atoms with Gasteiger partial charge in [-0.2, -0.15) is 4.31 Å². The second kappa shape index (κ2) is 5.93. The number of benzene rings is 1. The Balaban J connectivity index is 2.36. The van der Waals surface area contributed by atoms with Crippen LogP contribution >= 0.6 is 0 Å². The molecule has 21 heavy (non-hydrogen) atoms. The number of hydrogen-bond acceptors (Lipinski definition) is 3. The maximum atomic E-state index is 13.4. The fourth-order valence-corrected chi connectivity index (χ4v) is 4.26. The first kappa shape index (κ1) is 16.2. The van der Waals surface area contributed by atoms with Crippen molar-refractivity contribution in [1.29, 1.82) is 0 Å². The summed E-state index contributed by atoms with van der Waals surface area (Å²) in [5.74, 6) is -0.146. The summed E-state index contributed by atoms with van der Waals surface area (Å²) < 4.78 is 40.7. The SMILES string of the molecule is Cc1cc(F)c(N)cc1S(=O)(=O)N(CCC(C)C)C1CC1. The van der Waals surface area contributed by atoms with Crippen LogP contribution < -0.4 is 5.73 Å². The van der Waals surface area contributed by atoms with E-state index in [2.05, 4.69) is 13.8 Å². The Morgan fingerprint density at radius 1 is 1.38 bits per heavy atom. The molecule has 0 aliphatic heterocycles. The first-order valence-corrected chi connectivity index (χ1v) is 8.75. The molecular formula is C15H23FN2O2S. The number of nitrogens with zero attached hydrogens (tertiary/aromatic N) is 1. The van der Waals surface area contributed by atoms with Crippen molar-refractivity contribution in [3.8, 4) is 0 Å². The summed E-state index contributed by atoms with van der Waals surface area (Å²) in [4.78, 5) is 0.122. The van der Waals surface area contributed by atoms with E-state index in [1.54, 1.807) is 11.2 Å². The van der Waals surface area contributed by atoms with Gasteiger partial charge in [-0.3, -0.25) is 0 Å². The first-order valence-electron chi connectivity index (χ1n) is 7.31. The summed E-state index contributed by atoms with van der Waals surface area (Å²) in [5, 5.41) is 0. The van der Waals surface area contributed by atoms with Crippen molar-refractivity contribution >= 4 is 15.7 Å². The zero-order chi connectivity index (χ0) is 15.8. The van der Waals surface area contributed by atoms with Crippen LogP contribution in [0.5, 0.6) is 0 Å². The zero-order valence-electron chi connectivity index (χ0n) is 12.8. The topological polar surface area (TPSA) is 63.4 Å². The van der Waals surface area contributed by atoms with Crippen LogP contribution in [0.1, 0.15) is 38.7 Å². The molecule has 1 aliphatic rings. The van der Waals surface area contributed by atoms with E-state index in [1.165, 1.54) is 12.1 Å². The third-order valence-electron chi connectivity index (χ3n) is 3.76. The van der Waals surface area contributed by atoms with E-state index in [0.717, 1.165) is 19.3 Å². The van der Waals surface area contributed by atoms with Gasteiger partial charge in [0.2, 0.25) is 10.0 Å². The van der Waals surface area contributed by atoms with Crippen LogP contribution in [0.3, 0.4) is 0 Å². The highest BCUT2D eigenvalue weighted by molar-refractivity contribution is 7.89. The van der Waals surface area contributed by atoms with Crippen LogP contribution in [0.25, 0.3) is 0 Å². The molecule has 6 heteroatoms. The molecule has 0 saturated heterocycles. The van der Waals surface area contributed by atoms with Crippen LogP contribution in [0.4, 0.5) is 10.1 Å². The fraction of sp³-hybridized carbons (Fsp3) is 0.600. The third-order valence-corrected chi connectivity index (χ3v) is 5.86. The lowest BCUT2D eigenvalue weighted by atomic mass is 10.1. The van der Waals surface area contributed by atoms with E-state index in [-0.39, 0.29) is 16.6 Å². The van der Waals surface area contributed by atoms with Crippen molar-refractivity contribution in [2.45, 2.75) is 51.0 Å². The average Bonchev–Trinajstić information content (AvgIpc) is 3.17. The molecule has 4 nitrogen and oxygen atoms in total. The molecule has 2 rings (SSSR count). The number of sulfonamides is 1. The zero-order valence-corrected chi connectivity index (χ0v) is 13.6. The number of anilines is 1. The van der Waals surface area contributed by atoms with Gasteiger partial charge in [0.05, 0.1) is 10.6 Å². The predicted octanol–water partition coefficient (Wildman–Crippen LogP) is 2.92. The maximum Gasteiger partial charge on any atom is 0.243 e. The minimum absolute atomic E-state index is 0.0828. The molecule has 1 saturated carbocycles. The maximum absolute atomic E-state index is 13.4. The van der Waals surface area contributed by atoms with Gasteiger partial charge in [0.1, 0.15) is 5.82 Å². The number of nitrogen functional groups attached to an aromatic ring is 1. The monoisotopic (exact) mass is 314 g/mol. The summed E-state index contributed by atoms with van der Waals surface area (Å²) in [5.41, 5.74) is 5.82. The van der Waals surface area contributed by atoms with Crippen molar-refractivity contribution in [1.82, 2.24) is 4.31 Å². The molecule has 1 aliphatic carbocycles. The van der Waals surface area contributed by atoms with Gasteiger partial charge in [-0.25, -0.2) is 12.8 Å². The van der Waals surface area contributed by atoms with Gasteiger partial charge in [-0.1, -0.05) is 13.8 Å². The molecule has 0 aromatic heterocycles. The largest absolute Gasteiger partial charge is 0.396 e. The summed E-state index contributed by atoms with van der Waals surface area (Å²) in [6.45, 7) is 6.24. The Morgan fingerprint density at radius 3 is 2.52 bits per heavy atom. The number of rotatable bonds is 6. The van der Waals surface area contributed by atoms with E-state index in [0.29, 0.717) is 18.0 Å². The summed E-state index contributed by atoms with van der Waals surface area (Å²) in [7, 11) is -3.62. The van der Waals surface area contributed by atoms with E-state index < -0.39 is 15.8 Å². The second-order valence-electron chi connectivity index (χ2n) is 6.17. The standard InChI is InChI=1S/C15H23FN2O2S/c1-10(2)6-7-18(12-4-5-12)21(19,20)15-9-14(17)13(16)8-11(15)3/h8-10,12H,4-7,17H2,1-3H3. The van der Waals surface area contributed by atoms with Gasteiger partial charge in [0.15, 0.2) is 0 Å². The molecule has 1 fully saturated rings. The van der Waals surface area contributed by atoms with Crippen molar-refractivity contribution in [2.75, 3.05) is 12.3 Å². The summed E-state index contributed by atoms with van der Waals surface area (Å²) in [6.07, 6.45) is 2.60. The third kappa shape index (κ3) is 3.55. The van der Waals surface area contributed by atoms with E-state index >= 15 is 0 Å². The molecular weight excluding hydrogens is 291 g/mol. The Hall–Kier alpha value is -1.14. The number of aryl methyl sites for hydroxylation is 1. The molecule has 0 bridgehead atoms. The van der Waals surface area contributed by atoms with Gasteiger partial charge >= 0.3 is 0 Å². The highest BCUT2D eigenvalue weighted by atomic mass is 32.2. The Kier molecular flexibility index (Phi) is 4.58. The fourth-order valence-electron chi connectivity index (χ4n) is 2.32. The quantitative estimate of drug-likeness (QED) is 0.821. The van der Waals surface area contributed by atoms with Crippen LogP contribution in [0.15, 0.2) is 17.0 Å². The lowest BCUT2D eigenvalue weighted by molar-refractivity contribution is 0.373. The molecule has 0 amide bonds. The molecule has 118 valence electrons. The predicted molar refractivity (Wildman–Crippen MR) is 81.9 cm³/mol. The molecule has 0 radical (unpaired) electrons. The van der Waals surface area contributed by atoms with Crippen molar-refractivity contribution in [2.24, 2.45) is 5.92 Å². The normalized spacial score (nSPS) is 15.9.